The summed E-state index contributed by atoms with van der Waals surface area (Å²) >= 11 is 0. The summed E-state index contributed by atoms with van der Waals surface area (Å²) in [5.41, 5.74) is 5.07. The fourth-order valence-electron chi connectivity index (χ4n) is 3.80. The highest BCUT2D eigenvalue weighted by Crippen LogP contribution is 2.22. The van der Waals surface area contributed by atoms with Gasteiger partial charge in [0, 0.05) is 37.6 Å². The van der Waals surface area contributed by atoms with Crippen molar-refractivity contribution in [1.29, 1.82) is 5.26 Å². The Labute approximate surface area is 185 Å². The minimum Gasteiger partial charge on any atom is -0.369 e. The molecule has 0 atom stereocenters. The molecule has 160 valence electrons. The van der Waals surface area contributed by atoms with Crippen molar-refractivity contribution in [2.24, 2.45) is 0 Å². The van der Waals surface area contributed by atoms with Crippen LogP contribution in [0.5, 0.6) is 0 Å². The van der Waals surface area contributed by atoms with E-state index in [0.29, 0.717) is 23.5 Å². The topological polar surface area (TPSA) is 98.8 Å². The first-order valence-electron chi connectivity index (χ1n) is 10.5. The number of likely N-dealkylation sites (N-methyl/N-ethyl adjacent to an activating group) is 1. The van der Waals surface area contributed by atoms with Crippen LogP contribution >= 0.6 is 0 Å². The largest absolute Gasteiger partial charge is 0.369 e. The van der Waals surface area contributed by atoms with Gasteiger partial charge in [-0.05, 0) is 49.0 Å². The number of nitrogens with one attached hydrogen (secondary N) is 1. The molecule has 0 saturated carbocycles. The highest BCUT2D eigenvalue weighted by molar-refractivity contribution is 5.73. The number of benzene rings is 2. The molecule has 0 aliphatic carbocycles. The van der Waals surface area contributed by atoms with Crippen LogP contribution in [0.25, 0.3) is 16.9 Å². The Bertz CT molecular complexity index is 1260. The molecule has 0 bridgehead atoms. The molecule has 9 heteroatoms. The summed E-state index contributed by atoms with van der Waals surface area (Å²) in [6, 6.07) is 18.2. The van der Waals surface area contributed by atoms with E-state index in [2.05, 4.69) is 60.6 Å². The smallest absolute Gasteiger partial charge is 0.229 e. The third-order valence-electron chi connectivity index (χ3n) is 5.62. The highest BCUT2D eigenvalue weighted by Gasteiger charge is 2.14. The van der Waals surface area contributed by atoms with Crippen LogP contribution in [0.3, 0.4) is 0 Å². The van der Waals surface area contributed by atoms with Crippen LogP contribution < -0.4 is 10.2 Å². The Kier molecular flexibility index (Phi) is 5.35. The first-order valence-corrected chi connectivity index (χ1v) is 10.5. The van der Waals surface area contributed by atoms with Crippen molar-refractivity contribution < 1.29 is 0 Å². The molecule has 0 unspecified atom stereocenters. The van der Waals surface area contributed by atoms with Gasteiger partial charge >= 0.3 is 0 Å². The van der Waals surface area contributed by atoms with Gasteiger partial charge in [0.05, 0.1) is 24.4 Å². The molecule has 0 amide bonds. The minimum absolute atomic E-state index is 0.340. The van der Waals surface area contributed by atoms with Gasteiger partial charge in [0.2, 0.25) is 5.95 Å². The van der Waals surface area contributed by atoms with Crippen molar-refractivity contribution in [3.05, 3.63) is 60.3 Å². The maximum absolute atomic E-state index is 8.97. The standard InChI is InChI=1S/C23H23N9/c1-30-11-13-31(14-12-30)19-7-5-18(6-8-19)26-23-25-16-21-22(27-23)32(29-28-21)20-4-2-3-17(15-20)9-10-24/h2-8,15-16H,9,11-14H2,1H3,(H,25,26,27). The number of anilines is 3. The van der Waals surface area contributed by atoms with E-state index >= 15 is 0 Å². The van der Waals surface area contributed by atoms with Crippen LogP contribution in [-0.2, 0) is 6.42 Å². The zero-order valence-electron chi connectivity index (χ0n) is 17.8. The monoisotopic (exact) mass is 425 g/mol. The van der Waals surface area contributed by atoms with Crippen LogP contribution in [0.15, 0.2) is 54.7 Å². The van der Waals surface area contributed by atoms with Crippen LogP contribution in [0.1, 0.15) is 5.56 Å². The lowest BCUT2D eigenvalue weighted by Crippen LogP contribution is -2.44. The van der Waals surface area contributed by atoms with E-state index in [9.17, 15) is 0 Å². The zero-order valence-corrected chi connectivity index (χ0v) is 17.8. The van der Waals surface area contributed by atoms with Crippen LogP contribution in [0, 0.1) is 11.3 Å². The molecule has 2 aromatic heterocycles. The fraction of sp³-hybridized carbons (Fsp3) is 0.261. The second-order valence-corrected chi connectivity index (χ2v) is 7.87. The zero-order chi connectivity index (χ0) is 21.9. The Hall–Kier alpha value is -4.03. The Morgan fingerprint density at radius 2 is 1.84 bits per heavy atom. The SMILES string of the molecule is CN1CCN(c2ccc(Nc3ncc4nnn(-c5cccc(CC#N)c5)c4n3)cc2)CC1. The Balaban J connectivity index is 1.37. The predicted molar refractivity (Wildman–Crippen MR) is 123 cm³/mol. The van der Waals surface area contributed by atoms with Gasteiger partial charge in [-0.25, -0.2) is 4.98 Å². The van der Waals surface area contributed by atoms with Crippen LogP contribution in [0.4, 0.5) is 17.3 Å². The summed E-state index contributed by atoms with van der Waals surface area (Å²) in [5.74, 6) is 0.474. The number of hydrogen-bond donors (Lipinski definition) is 1. The van der Waals surface area contributed by atoms with Gasteiger partial charge in [-0.1, -0.05) is 17.3 Å². The number of aromatic nitrogens is 5. The van der Waals surface area contributed by atoms with Crippen molar-refractivity contribution in [2.45, 2.75) is 6.42 Å². The maximum atomic E-state index is 8.97. The van der Waals surface area contributed by atoms with Crippen molar-refractivity contribution >= 4 is 28.5 Å². The molecule has 1 aliphatic heterocycles. The summed E-state index contributed by atoms with van der Waals surface area (Å²) in [6.07, 6.45) is 2.00. The number of nitriles is 1. The van der Waals surface area contributed by atoms with Gasteiger partial charge < -0.3 is 15.1 Å². The van der Waals surface area contributed by atoms with Gasteiger partial charge in [-0.3, -0.25) is 0 Å². The van der Waals surface area contributed by atoms with Gasteiger partial charge in [0.1, 0.15) is 0 Å². The summed E-state index contributed by atoms with van der Waals surface area (Å²) < 4.78 is 1.67. The molecular weight excluding hydrogens is 402 g/mol. The summed E-state index contributed by atoms with van der Waals surface area (Å²) in [4.78, 5) is 13.8. The molecule has 1 fully saturated rings. The van der Waals surface area contributed by atoms with Gasteiger partial charge in [0.25, 0.3) is 0 Å². The lowest BCUT2D eigenvalue weighted by molar-refractivity contribution is 0.313. The van der Waals surface area contributed by atoms with E-state index in [1.165, 1.54) is 5.69 Å². The molecule has 1 saturated heterocycles. The Morgan fingerprint density at radius 1 is 1.03 bits per heavy atom. The molecule has 2 aromatic carbocycles. The lowest BCUT2D eigenvalue weighted by Gasteiger charge is -2.34. The molecule has 32 heavy (non-hydrogen) atoms. The quantitative estimate of drug-likeness (QED) is 0.521. The van der Waals surface area contributed by atoms with E-state index in [4.69, 9.17) is 5.26 Å². The average Bonchev–Trinajstić information content (AvgIpc) is 3.24. The second-order valence-electron chi connectivity index (χ2n) is 7.87. The van der Waals surface area contributed by atoms with Crippen molar-refractivity contribution in [2.75, 3.05) is 43.4 Å². The number of rotatable bonds is 5. The maximum Gasteiger partial charge on any atom is 0.229 e. The van der Waals surface area contributed by atoms with Crippen molar-refractivity contribution in [3.63, 3.8) is 0 Å². The second kappa shape index (κ2) is 8.61. The van der Waals surface area contributed by atoms with E-state index in [-0.39, 0.29) is 0 Å². The van der Waals surface area contributed by atoms with Gasteiger partial charge in [0.15, 0.2) is 11.2 Å². The Morgan fingerprint density at radius 3 is 2.62 bits per heavy atom. The third kappa shape index (κ3) is 4.08. The highest BCUT2D eigenvalue weighted by atomic mass is 15.4. The average molecular weight is 426 g/mol. The molecule has 1 N–H and O–H groups in total. The first-order chi connectivity index (χ1) is 15.7. The summed E-state index contributed by atoms with van der Waals surface area (Å²) in [6.45, 7) is 4.23. The van der Waals surface area contributed by atoms with E-state index < -0.39 is 0 Å². The van der Waals surface area contributed by atoms with Crippen molar-refractivity contribution in [1.82, 2.24) is 29.9 Å². The predicted octanol–water partition coefficient (Wildman–Crippen LogP) is 2.77. The molecule has 9 nitrogen and oxygen atoms in total. The molecule has 0 spiro atoms. The number of piperazine rings is 1. The molecule has 1 aliphatic rings. The molecule has 4 aromatic rings. The number of nitrogens with zero attached hydrogens (tertiary/aromatic N) is 8. The van der Waals surface area contributed by atoms with Crippen molar-refractivity contribution in [3.8, 4) is 11.8 Å². The lowest BCUT2D eigenvalue weighted by atomic mass is 10.1. The van der Waals surface area contributed by atoms with Gasteiger partial charge in [-0.15, -0.1) is 5.10 Å². The van der Waals surface area contributed by atoms with Crippen LogP contribution in [-0.4, -0.2) is 63.1 Å². The summed E-state index contributed by atoms with van der Waals surface area (Å²) in [5, 5.41) is 20.6. The molecule has 3 heterocycles. The third-order valence-corrected chi connectivity index (χ3v) is 5.62. The minimum atomic E-state index is 0.340. The fourth-order valence-corrected chi connectivity index (χ4v) is 3.80. The molecular formula is C23H23N9. The molecule has 5 rings (SSSR count). The normalized spacial score (nSPS) is 14.4. The van der Waals surface area contributed by atoms with E-state index in [0.717, 1.165) is 43.1 Å². The summed E-state index contributed by atoms with van der Waals surface area (Å²) in [7, 11) is 2.16. The van der Waals surface area contributed by atoms with Gasteiger partial charge in [-0.2, -0.15) is 14.9 Å². The number of fused-ring (bicyclic) bond motifs is 1. The van der Waals surface area contributed by atoms with E-state index in [1.54, 1.807) is 10.9 Å². The number of hydrogen-bond acceptors (Lipinski definition) is 8. The molecule has 0 radical (unpaired) electrons. The van der Waals surface area contributed by atoms with Crippen LogP contribution in [0.2, 0.25) is 0 Å². The van der Waals surface area contributed by atoms with E-state index in [1.807, 2.05) is 36.4 Å². The first kappa shape index (κ1) is 19.9.